The fourth-order valence-electron chi connectivity index (χ4n) is 3.73. The summed E-state index contributed by atoms with van der Waals surface area (Å²) in [6, 6.07) is 5.75. The van der Waals surface area contributed by atoms with E-state index in [4.69, 9.17) is 16.3 Å². The first kappa shape index (κ1) is 20.2. The zero-order valence-electron chi connectivity index (χ0n) is 17.0. The monoisotopic (exact) mass is 431 g/mol. The molecule has 30 heavy (non-hydrogen) atoms. The molecule has 9 nitrogen and oxygen atoms in total. The minimum absolute atomic E-state index is 0.173. The number of hydrogen-bond donors (Lipinski definition) is 0. The van der Waals surface area contributed by atoms with Crippen molar-refractivity contribution in [2.24, 2.45) is 7.05 Å². The van der Waals surface area contributed by atoms with Crippen molar-refractivity contribution in [2.75, 3.05) is 18.1 Å². The molecule has 1 aliphatic rings. The summed E-state index contributed by atoms with van der Waals surface area (Å²) in [4.78, 5) is 44.4. The van der Waals surface area contributed by atoms with Crippen LogP contribution in [0, 0.1) is 6.92 Å². The largest absolute Gasteiger partial charge is 0.465 e. The second-order valence-corrected chi connectivity index (χ2v) is 7.62. The number of halogens is 1. The van der Waals surface area contributed by atoms with Gasteiger partial charge in [0.05, 0.1) is 6.61 Å². The van der Waals surface area contributed by atoms with Gasteiger partial charge in [0.25, 0.3) is 5.56 Å². The van der Waals surface area contributed by atoms with Crippen molar-refractivity contribution >= 4 is 40.4 Å². The summed E-state index contributed by atoms with van der Waals surface area (Å²) >= 11 is 6.31. The Morgan fingerprint density at radius 3 is 2.73 bits per heavy atom. The minimum Gasteiger partial charge on any atom is -0.465 e. The van der Waals surface area contributed by atoms with E-state index >= 15 is 0 Å². The number of nitrogens with zero attached hydrogens (tertiary/aromatic N) is 5. The van der Waals surface area contributed by atoms with Crippen LogP contribution in [0.2, 0.25) is 5.02 Å². The molecule has 0 aliphatic carbocycles. The molecule has 1 aliphatic heterocycles. The van der Waals surface area contributed by atoms with Crippen molar-refractivity contribution in [3.8, 4) is 0 Å². The van der Waals surface area contributed by atoms with Crippen LogP contribution in [0.1, 0.15) is 18.9 Å². The van der Waals surface area contributed by atoms with Crippen molar-refractivity contribution in [1.29, 1.82) is 0 Å². The summed E-state index contributed by atoms with van der Waals surface area (Å²) in [5.74, 6) is -0.0671. The van der Waals surface area contributed by atoms with Crippen LogP contribution in [0.3, 0.4) is 0 Å². The molecule has 3 heterocycles. The molecule has 0 atom stereocenters. The number of benzene rings is 1. The summed E-state index contributed by atoms with van der Waals surface area (Å²) in [7, 11) is 1.54. The van der Waals surface area contributed by atoms with E-state index in [-0.39, 0.29) is 12.3 Å². The number of carbonyl (C=O) groups is 1. The fraction of sp³-hybridized carbons (Fsp3) is 0.400. The zero-order valence-corrected chi connectivity index (χ0v) is 17.8. The molecule has 2 aromatic heterocycles. The van der Waals surface area contributed by atoms with Gasteiger partial charge < -0.3 is 14.2 Å². The smallest absolute Gasteiger partial charge is 0.333 e. The number of anilines is 2. The molecule has 4 rings (SSSR count). The van der Waals surface area contributed by atoms with E-state index < -0.39 is 23.8 Å². The lowest BCUT2D eigenvalue weighted by Gasteiger charge is -2.29. The lowest BCUT2D eigenvalue weighted by Crippen LogP contribution is -2.41. The molecule has 0 amide bonds. The van der Waals surface area contributed by atoms with Crippen LogP contribution < -0.4 is 16.1 Å². The highest BCUT2D eigenvalue weighted by Crippen LogP contribution is 2.33. The Bertz CT molecular complexity index is 1270. The SMILES string of the molecule is CCOC(=O)Cn1c(=O)c2c(nc3n2CCCN3c2ccc(C)c(Cl)c2)n(C)c1=O. The van der Waals surface area contributed by atoms with Crippen LogP contribution in [-0.4, -0.2) is 37.8 Å². The number of imidazole rings is 1. The van der Waals surface area contributed by atoms with Crippen LogP contribution in [0.5, 0.6) is 0 Å². The lowest BCUT2D eigenvalue weighted by atomic mass is 10.2. The summed E-state index contributed by atoms with van der Waals surface area (Å²) in [6.45, 7) is 4.61. The highest BCUT2D eigenvalue weighted by molar-refractivity contribution is 6.31. The van der Waals surface area contributed by atoms with Crippen LogP contribution in [0.15, 0.2) is 27.8 Å². The average molecular weight is 432 g/mol. The summed E-state index contributed by atoms with van der Waals surface area (Å²) in [5, 5.41) is 0.643. The molecule has 0 radical (unpaired) electrons. The normalized spacial score (nSPS) is 13.5. The number of aryl methyl sites for hydroxylation is 3. The van der Waals surface area contributed by atoms with E-state index in [1.807, 2.05) is 30.0 Å². The van der Waals surface area contributed by atoms with Crippen molar-refractivity contribution in [3.05, 3.63) is 49.6 Å². The number of hydrogen-bond acceptors (Lipinski definition) is 6. The maximum atomic E-state index is 13.2. The number of aromatic nitrogens is 4. The molecule has 0 spiro atoms. The Kier molecular flexibility index (Phi) is 5.15. The number of rotatable bonds is 4. The molecule has 0 unspecified atom stereocenters. The summed E-state index contributed by atoms with van der Waals surface area (Å²) in [6.07, 6.45) is 0.782. The van der Waals surface area contributed by atoms with Crippen LogP contribution in [0.4, 0.5) is 11.6 Å². The molecule has 10 heteroatoms. The molecule has 0 saturated carbocycles. The van der Waals surface area contributed by atoms with Gasteiger partial charge in [-0.3, -0.25) is 14.2 Å². The number of fused-ring (bicyclic) bond motifs is 3. The minimum atomic E-state index is -0.634. The van der Waals surface area contributed by atoms with Gasteiger partial charge >= 0.3 is 11.7 Å². The second-order valence-electron chi connectivity index (χ2n) is 7.21. The highest BCUT2D eigenvalue weighted by Gasteiger charge is 2.27. The molecule has 3 aromatic rings. The predicted molar refractivity (Wildman–Crippen MR) is 114 cm³/mol. The van der Waals surface area contributed by atoms with Crippen LogP contribution in [-0.2, 0) is 29.7 Å². The van der Waals surface area contributed by atoms with E-state index in [1.165, 1.54) is 11.6 Å². The third-order valence-corrected chi connectivity index (χ3v) is 5.68. The van der Waals surface area contributed by atoms with Gasteiger partial charge in [-0.05, 0) is 38.0 Å². The van der Waals surface area contributed by atoms with Crippen LogP contribution >= 0.6 is 11.6 Å². The average Bonchev–Trinajstić information content (AvgIpc) is 3.12. The van der Waals surface area contributed by atoms with E-state index in [0.717, 1.165) is 22.2 Å². The van der Waals surface area contributed by atoms with E-state index in [0.29, 0.717) is 29.6 Å². The predicted octanol–water partition coefficient (Wildman–Crippen LogP) is 1.96. The summed E-state index contributed by atoms with van der Waals surface area (Å²) in [5.41, 5.74) is 1.24. The molecular formula is C20H22ClN5O4. The van der Waals surface area contributed by atoms with Gasteiger partial charge in [-0.15, -0.1) is 0 Å². The van der Waals surface area contributed by atoms with E-state index in [1.54, 1.807) is 11.5 Å². The molecule has 0 N–H and O–H groups in total. The van der Waals surface area contributed by atoms with Crippen molar-refractivity contribution in [1.82, 2.24) is 18.7 Å². The van der Waals surface area contributed by atoms with Gasteiger partial charge in [0, 0.05) is 30.8 Å². The number of esters is 1. The third-order valence-electron chi connectivity index (χ3n) is 5.28. The Morgan fingerprint density at radius 2 is 2.03 bits per heavy atom. The van der Waals surface area contributed by atoms with Gasteiger partial charge in [-0.1, -0.05) is 17.7 Å². The van der Waals surface area contributed by atoms with Crippen molar-refractivity contribution < 1.29 is 9.53 Å². The van der Waals surface area contributed by atoms with Crippen LogP contribution in [0.25, 0.3) is 11.2 Å². The third kappa shape index (κ3) is 3.19. The highest BCUT2D eigenvalue weighted by atomic mass is 35.5. The zero-order chi connectivity index (χ0) is 21.6. The Morgan fingerprint density at radius 1 is 1.27 bits per heavy atom. The topological polar surface area (TPSA) is 91.4 Å². The molecule has 0 fully saturated rings. The summed E-state index contributed by atoms with van der Waals surface area (Å²) < 4.78 is 8.90. The fourth-order valence-corrected chi connectivity index (χ4v) is 3.91. The molecular weight excluding hydrogens is 410 g/mol. The molecule has 158 valence electrons. The Labute approximate surface area is 177 Å². The van der Waals surface area contributed by atoms with Gasteiger partial charge in [0.2, 0.25) is 5.95 Å². The lowest BCUT2D eigenvalue weighted by molar-refractivity contribution is -0.143. The van der Waals surface area contributed by atoms with Gasteiger partial charge in [-0.2, -0.15) is 4.98 Å². The first-order valence-corrected chi connectivity index (χ1v) is 10.1. The van der Waals surface area contributed by atoms with E-state index in [2.05, 4.69) is 4.98 Å². The standard InChI is InChI=1S/C20H22ClN5O4/c1-4-30-15(27)11-26-18(28)16-17(23(3)20(26)29)22-19-24(8-5-9-25(16)19)13-7-6-12(2)14(21)10-13/h6-7,10H,4-5,8-9,11H2,1-3H3. The Hall–Kier alpha value is -3.07. The quantitative estimate of drug-likeness (QED) is 0.586. The maximum absolute atomic E-state index is 13.2. The first-order chi connectivity index (χ1) is 14.3. The number of carbonyl (C=O) groups excluding carboxylic acids is 1. The first-order valence-electron chi connectivity index (χ1n) is 9.72. The van der Waals surface area contributed by atoms with Gasteiger partial charge in [0.1, 0.15) is 6.54 Å². The molecule has 1 aromatic carbocycles. The molecule has 0 saturated heterocycles. The number of ether oxygens (including phenoxy) is 1. The van der Waals surface area contributed by atoms with Gasteiger partial charge in [0.15, 0.2) is 11.2 Å². The second kappa shape index (κ2) is 7.64. The van der Waals surface area contributed by atoms with Crippen molar-refractivity contribution in [3.63, 3.8) is 0 Å². The van der Waals surface area contributed by atoms with Gasteiger partial charge in [-0.25, -0.2) is 9.36 Å². The molecule has 0 bridgehead atoms. The maximum Gasteiger partial charge on any atom is 0.333 e. The Balaban J connectivity index is 1.91. The van der Waals surface area contributed by atoms with Crippen molar-refractivity contribution in [2.45, 2.75) is 33.4 Å². The van der Waals surface area contributed by atoms with E-state index in [9.17, 15) is 14.4 Å².